The third-order valence-corrected chi connectivity index (χ3v) is 6.30. The van der Waals surface area contributed by atoms with Crippen molar-refractivity contribution in [1.29, 1.82) is 5.26 Å². The molecule has 1 N–H and O–H groups in total. The third kappa shape index (κ3) is 4.43. The average Bonchev–Trinajstić information content (AvgIpc) is 3.01. The molecular formula is C21H17Cl2N3O2S. The van der Waals surface area contributed by atoms with Gasteiger partial charge in [-0.15, -0.1) is 0 Å². The minimum Gasteiger partial charge on any atom is -0.354 e. The maximum Gasteiger partial charge on any atom is 0.264 e. The fourth-order valence-electron chi connectivity index (χ4n) is 2.94. The number of thioether (sulfide) groups is 1. The lowest BCUT2D eigenvalue weighted by Gasteiger charge is -2.18. The van der Waals surface area contributed by atoms with Crippen LogP contribution in [0.2, 0.25) is 10.0 Å². The van der Waals surface area contributed by atoms with Gasteiger partial charge in [-0.25, -0.2) is 0 Å². The van der Waals surface area contributed by atoms with Crippen molar-refractivity contribution in [1.82, 2.24) is 5.32 Å². The van der Waals surface area contributed by atoms with Gasteiger partial charge in [0.2, 0.25) is 5.91 Å². The van der Waals surface area contributed by atoms with E-state index in [0.29, 0.717) is 27.2 Å². The lowest BCUT2D eigenvalue weighted by Crippen LogP contribution is -2.31. The highest BCUT2D eigenvalue weighted by molar-refractivity contribution is 8.05. The molecule has 148 valence electrons. The van der Waals surface area contributed by atoms with Gasteiger partial charge in [0.25, 0.3) is 5.91 Å². The van der Waals surface area contributed by atoms with E-state index in [9.17, 15) is 14.9 Å². The normalized spacial score (nSPS) is 17.8. The predicted octanol–water partition coefficient (Wildman–Crippen LogP) is 4.47. The number of hydrogen-bond donors (Lipinski definition) is 1. The monoisotopic (exact) mass is 445 g/mol. The number of likely N-dealkylation sites (N-methyl/N-ethyl adjacent to an activating group) is 1. The Balaban J connectivity index is 2.06. The van der Waals surface area contributed by atoms with Crippen LogP contribution < -0.4 is 10.2 Å². The molecule has 1 fully saturated rings. The van der Waals surface area contributed by atoms with E-state index in [2.05, 4.69) is 5.32 Å². The topological polar surface area (TPSA) is 73.2 Å². The number of nitrogens with one attached hydrogen (secondary N) is 1. The molecule has 8 heteroatoms. The molecule has 0 saturated carbocycles. The number of halogens is 2. The van der Waals surface area contributed by atoms with Crippen LogP contribution in [0.4, 0.5) is 5.69 Å². The van der Waals surface area contributed by atoms with Gasteiger partial charge in [0.1, 0.15) is 16.7 Å². The van der Waals surface area contributed by atoms with Gasteiger partial charge in [0.05, 0.1) is 5.25 Å². The summed E-state index contributed by atoms with van der Waals surface area (Å²) in [7, 11) is 1.45. The van der Waals surface area contributed by atoms with Gasteiger partial charge in [-0.05, 0) is 49.2 Å². The van der Waals surface area contributed by atoms with Gasteiger partial charge in [0.15, 0.2) is 0 Å². The van der Waals surface area contributed by atoms with Crippen LogP contribution in [-0.2, 0) is 16.0 Å². The summed E-state index contributed by atoms with van der Waals surface area (Å²) in [6.45, 7) is 1.94. The number of nitrogens with zero attached hydrogens (tertiary/aromatic N) is 2. The van der Waals surface area contributed by atoms with Crippen molar-refractivity contribution in [2.24, 2.45) is 0 Å². The molecule has 3 rings (SSSR count). The standard InChI is InChI=1S/C21H17Cl2N3O2S/c1-12-3-6-15(7-4-12)26-20(28)18(10-13-9-14(22)5-8-17(13)23)29-21(26)16(11-24)19(27)25-2/h3-9,18H,10H2,1-2H3,(H,25,27)/b21-16+/t18-/m0/s1. The molecule has 0 unspecified atom stereocenters. The minimum absolute atomic E-state index is 0.105. The van der Waals surface area contributed by atoms with Crippen molar-refractivity contribution < 1.29 is 9.59 Å². The summed E-state index contributed by atoms with van der Waals surface area (Å²) >= 11 is 13.5. The first-order valence-corrected chi connectivity index (χ1v) is 10.4. The summed E-state index contributed by atoms with van der Waals surface area (Å²) in [4.78, 5) is 27.0. The fourth-order valence-corrected chi connectivity index (χ4v) is 4.63. The summed E-state index contributed by atoms with van der Waals surface area (Å²) in [5.41, 5.74) is 2.26. The van der Waals surface area contributed by atoms with E-state index in [1.807, 2.05) is 25.1 Å². The Bertz CT molecular complexity index is 1040. The fraction of sp³-hybridized carbons (Fsp3) is 0.190. The largest absolute Gasteiger partial charge is 0.354 e. The first-order valence-electron chi connectivity index (χ1n) is 8.73. The molecule has 2 aromatic rings. The number of aryl methyl sites for hydroxylation is 1. The van der Waals surface area contributed by atoms with Gasteiger partial charge in [-0.1, -0.05) is 52.7 Å². The molecule has 2 amide bonds. The Morgan fingerprint density at radius 1 is 1.24 bits per heavy atom. The van der Waals surface area contributed by atoms with Gasteiger partial charge >= 0.3 is 0 Å². The second-order valence-corrected chi connectivity index (χ2v) is 8.46. The number of benzene rings is 2. The SMILES string of the molecule is CNC(=O)/C(C#N)=C1/S[C@@H](Cc2cc(Cl)ccc2Cl)C(=O)N1c1ccc(C)cc1. The van der Waals surface area contributed by atoms with Crippen molar-refractivity contribution in [3.05, 3.63) is 74.2 Å². The van der Waals surface area contributed by atoms with Crippen molar-refractivity contribution in [2.45, 2.75) is 18.6 Å². The molecule has 1 aliphatic heterocycles. The van der Waals surface area contributed by atoms with Crippen LogP contribution in [0, 0.1) is 18.3 Å². The van der Waals surface area contributed by atoms with E-state index in [0.717, 1.165) is 11.1 Å². The van der Waals surface area contributed by atoms with Gasteiger partial charge in [-0.3, -0.25) is 14.5 Å². The van der Waals surface area contributed by atoms with Crippen LogP contribution in [0.15, 0.2) is 53.1 Å². The maximum absolute atomic E-state index is 13.3. The highest BCUT2D eigenvalue weighted by Crippen LogP contribution is 2.42. The molecule has 29 heavy (non-hydrogen) atoms. The molecule has 1 aliphatic rings. The molecule has 0 radical (unpaired) electrons. The molecule has 1 heterocycles. The summed E-state index contributed by atoms with van der Waals surface area (Å²) < 4.78 is 0. The van der Waals surface area contributed by atoms with Gasteiger partial charge in [-0.2, -0.15) is 5.26 Å². The van der Waals surface area contributed by atoms with Crippen molar-refractivity contribution in [3.63, 3.8) is 0 Å². The highest BCUT2D eigenvalue weighted by atomic mass is 35.5. The van der Waals surface area contributed by atoms with E-state index < -0.39 is 11.2 Å². The zero-order chi connectivity index (χ0) is 21.1. The Labute approximate surface area is 183 Å². The maximum atomic E-state index is 13.3. The molecule has 1 atom stereocenters. The molecule has 2 aromatic carbocycles. The van der Waals surface area contributed by atoms with Crippen molar-refractivity contribution in [2.75, 3.05) is 11.9 Å². The van der Waals surface area contributed by atoms with Crippen LogP contribution in [-0.4, -0.2) is 24.1 Å². The first kappa shape index (κ1) is 21.3. The number of hydrogen-bond acceptors (Lipinski definition) is 4. The zero-order valence-corrected chi connectivity index (χ0v) is 18.0. The predicted molar refractivity (Wildman–Crippen MR) is 117 cm³/mol. The molecule has 0 bridgehead atoms. The van der Waals surface area contributed by atoms with Crippen LogP contribution in [0.5, 0.6) is 0 Å². The number of nitriles is 1. The van der Waals surface area contributed by atoms with Crippen LogP contribution in [0.3, 0.4) is 0 Å². The Hall–Kier alpha value is -2.46. The molecular weight excluding hydrogens is 429 g/mol. The summed E-state index contributed by atoms with van der Waals surface area (Å²) in [6.07, 6.45) is 0.321. The van der Waals surface area contributed by atoms with Crippen LogP contribution >= 0.6 is 35.0 Å². The molecule has 0 spiro atoms. The lowest BCUT2D eigenvalue weighted by molar-refractivity contribution is -0.117. The van der Waals surface area contributed by atoms with Crippen molar-refractivity contribution >= 4 is 52.5 Å². The Kier molecular flexibility index (Phi) is 6.53. The summed E-state index contributed by atoms with van der Waals surface area (Å²) in [6, 6.07) is 14.4. The number of amides is 2. The smallest absolute Gasteiger partial charge is 0.264 e. The number of carbonyl (C=O) groups is 2. The van der Waals surface area contributed by atoms with E-state index >= 15 is 0 Å². The number of rotatable bonds is 4. The Morgan fingerprint density at radius 3 is 2.55 bits per heavy atom. The Morgan fingerprint density at radius 2 is 1.93 bits per heavy atom. The molecule has 0 aliphatic carbocycles. The van der Waals surface area contributed by atoms with E-state index in [-0.39, 0.29) is 11.5 Å². The molecule has 5 nitrogen and oxygen atoms in total. The quantitative estimate of drug-likeness (QED) is 0.556. The first-order chi connectivity index (χ1) is 13.8. The van der Waals surface area contributed by atoms with Gasteiger partial charge in [0, 0.05) is 22.8 Å². The second kappa shape index (κ2) is 8.91. The molecule has 0 aromatic heterocycles. The van der Waals surface area contributed by atoms with E-state index in [1.54, 1.807) is 30.3 Å². The lowest BCUT2D eigenvalue weighted by atomic mass is 10.1. The van der Waals surface area contributed by atoms with Gasteiger partial charge < -0.3 is 5.32 Å². The summed E-state index contributed by atoms with van der Waals surface area (Å²) in [5.74, 6) is -0.761. The number of carbonyl (C=O) groups excluding carboxylic acids is 2. The van der Waals surface area contributed by atoms with Crippen LogP contribution in [0.25, 0.3) is 0 Å². The van der Waals surface area contributed by atoms with Crippen LogP contribution in [0.1, 0.15) is 11.1 Å². The second-order valence-electron chi connectivity index (χ2n) is 6.43. The van der Waals surface area contributed by atoms with E-state index in [4.69, 9.17) is 23.2 Å². The van der Waals surface area contributed by atoms with E-state index in [1.165, 1.54) is 23.7 Å². The average molecular weight is 446 g/mol. The van der Waals surface area contributed by atoms with Crippen molar-refractivity contribution in [3.8, 4) is 6.07 Å². The molecule has 1 saturated heterocycles. The third-order valence-electron chi connectivity index (χ3n) is 4.44. The highest BCUT2D eigenvalue weighted by Gasteiger charge is 2.40. The zero-order valence-electron chi connectivity index (χ0n) is 15.7. The number of anilines is 1. The summed E-state index contributed by atoms with van der Waals surface area (Å²) in [5, 5.41) is 12.8. The minimum atomic E-state index is -0.546.